The molecule has 3 saturated heterocycles. The first-order valence-corrected chi connectivity index (χ1v) is 17.9. The summed E-state index contributed by atoms with van der Waals surface area (Å²) in [6.07, 6.45) is 4.26. The van der Waals surface area contributed by atoms with E-state index in [4.69, 9.17) is 13.9 Å². The lowest BCUT2D eigenvalue weighted by Gasteiger charge is -2.52. The maximum Gasteiger partial charge on any atom is 0.183 e. The van der Waals surface area contributed by atoms with Gasteiger partial charge in [0, 0.05) is 31.0 Å². The third-order valence-corrected chi connectivity index (χ3v) is 22.3. The summed E-state index contributed by atoms with van der Waals surface area (Å²) in [5.41, 5.74) is 1.29. The first kappa shape index (κ1) is 23.9. The van der Waals surface area contributed by atoms with Crippen LogP contribution in [0.3, 0.4) is 0 Å². The summed E-state index contributed by atoms with van der Waals surface area (Å²) in [6, 6.07) is 1.43. The van der Waals surface area contributed by atoms with Crippen molar-refractivity contribution in [1.29, 1.82) is 0 Å². The third-order valence-electron chi connectivity index (χ3n) is 7.62. The highest BCUT2D eigenvalue weighted by molar-refractivity contribution is 7.31. The van der Waals surface area contributed by atoms with Gasteiger partial charge in [-0.2, -0.15) is 0 Å². The number of hydrogen-bond donors (Lipinski definition) is 0. The maximum atomic E-state index is 6.86. The minimum Gasteiger partial charge on any atom is -0.422 e. The second kappa shape index (κ2) is 10.2. The molecule has 0 aromatic rings. The normalized spacial score (nSPS) is 36.9. The molecule has 0 amide bonds. The Bertz CT molecular complexity index is 524. The van der Waals surface area contributed by atoms with Gasteiger partial charge in [-0.05, 0) is 31.1 Å². The molecule has 3 fully saturated rings. The molecule has 3 aliphatic heterocycles. The van der Waals surface area contributed by atoms with Crippen LogP contribution in [0.25, 0.3) is 0 Å². The topological polar surface area (TPSA) is 34.2 Å². The summed E-state index contributed by atoms with van der Waals surface area (Å²) in [5.74, 6) is 1.09. The zero-order valence-corrected chi connectivity index (χ0v) is 22.2. The molecule has 5 nitrogen and oxygen atoms in total. The molecule has 6 atom stereocenters. The van der Waals surface area contributed by atoms with Crippen molar-refractivity contribution in [2.24, 2.45) is 11.8 Å². The Morgan fingerprint density at radius 1 is 0.897 bits per heavy atom. The Morgan fingerprint density at radius 2 is 1.48 bits per heavy atom. The molecule has 3 aliphatic rings. The first-order chi connectivity index (χ1) is 13.8. The second-order valence-corrected chi connectivity index (χ2v) is 22.1. The molecule has 0 aliphatic carbocycles. The average molecular weight is 443 g/mol. The zero-order valence-electron chi connectivity index (χ0n) is 20.0. The van der Waals surface area contributed by atoms with Crippen molar-refractivity contribution in [2.45, 2.75) is 97.2 Å². The molecule has 0 radical (unpaired) electrons. The highest BCUT2D eigenvalue weighted by Gasteiger charge is 2.55. The van der Waals surface area contributed by atoms with Gasteiger partial charge in [-0.15, -0.1) is 0 Å². The zero-order chi connectivity index (χ0) is 21.2. The average Bonchev–Trinajstić information content (AvgIpc) is 3.34. The largest absolute Gasteiger partial charge is 0.422 e. The van der Waals surface area contributed by atoms with E-state index in [9.17, 15) is 0 Å². The number of rotatable bonds is 8. The molecular weight excluding hydrogens is 396 g/mol. The molecule has 0 bridgehead atoms. The lowest BCUT2D eigenvalue weighted by atomic mass is 10.1. The standard InChI is InChI=1S/C22H46N2O3Si2/c1-8-19(23-11-14-25-21(23)17(3)4)28-27-13-10-16-29(28,7)20(9-2)24-12-15-26-22(24)18(5)6/h17-22,28H,8-16H2,1-7H3. The van der Waals surface area contributed by atoms with Crippen LogP contribution in [0, 0.1) is 11.8 Å². The molecule has 0 aromatic heterocycles. The van der Waals surface area contributed by atoms with Crippen LogP contribution in [0.2, 0.25) is 12.6 Å². The van der Waals surface area contributed by atoms with Crippen LogP contribution < -0.4 is 0 Å². The molecule has 7 heteroatoms. The summed E-state index contributed by atoms with van der Waals surface area (Å²) < 4.78 is 19.3. The fourth-order valence-corrected chi connectivity index (χ4v) is 22.6. The molecule has 3 rings (SSSR count). The van der Waals surface area contributed by atoms with Crippen molar-refractivity contribution >= 4 is 16.1 Å². The van der Waals surface area contributed by atoms with Crippen LogP contribution in [-0.4, -0.2) is 82.6 Å². The summed E-state index contributed by atoms with van der Waals surface area (Å²) in [6.45, 7) is 21.7. The Balaban J connectivity index is 1.89. The van der Waals surface area contributed by atoms with Gasteiger partial charge in [0.25, 0.3) is 0 Å². The van der Waals surface area contributed by atoms with E-state index < -0.39 is 16.1 Å². The fraction of sp³-hybridized carbons (Fsp3) is 1.00. The molecule has 0 aromatic carbocycles. The van der Waals surface area contributed by atoms with Gasteiger partial charge in [0.15, 0.2) is 8.56 Å². The van der Waals surface area contributed by atoms with E-state index in [0.717, 1.165) is 32.9 Å². The van der Waals surface area contributed by atoms with Gasteiger partial charge in [0.05, 0.1) is 20.8 Å². The smallest absolute Gasteiger partial charge is 0.183 e. The minimum absolute atomic E-state index is 0.273. The molecular formula is C22H46N2O3Si2. The van der Waals surface area contributed by atoms with E-state index in [1.807, 2.05) is 0 Å². The number of ether oxygens (including phenoxy) is 2. The van der Waals surface area contributed by atoms with Crippen molar-refractivity contribution < 1.29 is 13.9 Å². The molecule has 170 valence electrons. The van der Waals surface area contributed by atoms with Crippen LogP contribution in [0.5, 0.6) is 0 Å². The Morgan fingerprint density at radius 3 is 2.03 bits per heavy atom. The SMILES string of the molecule is CCC(N1CCOC1C(C)C)[SiH]1OCCC[Si]1(C)C(CC)N1CCOC1C(C)C. The molecule has 0 N–H and O–H groups in total. The van der Waals surface area contributed by atoms with E-state index in [2.05, 4.69) is 57.9 Å². The van der Waals surface area contributed by atoms with Crippen LogP contribution in [0.1, 0.15) is 60.8 Å². The lowest BCUT2D eigenvalue weighted by molar-refractivity contribution is -0.0131. The Hall–Kier alpha value is 0.234. The van der Waals surface area contributed by atoms with E-state index in [1.54, 1.807) is 0 Å². The number of hydrogen-bond acceptors (Lipinski definition) is 5. The summed E-state index contributed by atoms with van der Waals surface area (Å²) >= 11 is 0. The van der Waals surface area contributed by atoms with Crippen molar-refractivity contribution in [2.75, 3.05) is 32.9 Å². The van der Waals surface area contributed by atoms with Crippen LogP contribution in [0.15, 0.2) is 0 Å². The van der Waals surface area contributed by atoms with Crippen LogP contribution >= 0.6 is 0 Å². The van der Waals surface area contributed by atoms with Crippen molar-refractivity contribution in [3.63, 3.8) is 0 Å². The van der Waals surface area contributed by atoms with Gasteiger partial charge in [-0.1, -0.05) is 54.1 Å². The third kappa shape index (κ3) is 4.71. The van der Waals surface area contributed by atoms with E-state index in [0.29, 0.717) is 29.4 Å². The molecule has 3 heterocycles. The summed E-state index contributed by atoms with van der Waals surface area (Å²) in [5, 5.41) is 0. The van der Waals surface area contributed by atoms with Gasteiger partial charge in [-0.3, -0.25) is 9.80 Å². The highest BCUT2D eigenvalue weighted by Crippen LogP contribution is 2.37. The molecule has 29 heavy (non-hydrogen) atoms. The van der Waals surface area contributed by atoms with Crippen molar-refractivity contribution in [3.05, 3.63) is 0 Å². The fourth-order valence-electron chi connectivity index (χ4n) is 6.45. The second-order valence-electron chi connectivity index (χ2n) is 10.3. The predicted octanol–water partition coefficient (Wildman–Crippen LogP) is 3.55. The van der Waals surface area contributed by atoms with Gasteiger partial charge in [0.2, 0.25) is 0 Å². The molecule has 6 unspecified atom stereocenters. The van der Waals surface area contributed by atoms with Crippen LogP contribution in [0.4, 0.5) is 0 Å². The van der Waals surface area contributed by atoms with Crippen molar-refractivity contribution in [1.82, 2.24) is 9.80 Å². The minimum atomic E-state index is -1.60. The lowest BCUT2D eigenvalue weighted by Crippen LogP contribution is -2.73. The van der Waals surface area contributed by atoms with Gasteiger partial charge < -0.3 is 13.9 Å². The maximum absolute atomic E-state index is 6.86. The van der Waals surface area contributed by atoms with Gasteiger partial charge in [-0.25, -0.2) is 0 Å². The Labute approximate surface area is 182 Å². The van der Waals surface area contributed by atoms with Gasteiger partial charge in [0.1, 0.15) is 12.5 Å². The highest BCUT2D eigenvalue weighted by atomic mass is 29.2. The number of nitrogens with zero attached hydrogens (tertiary/aromatic N) is 2. The predicted molar refractivity (Wildman–Crippen MR) is 125 cm³/mol. The summed E-state index contributed by atoms with van der Waals surface area (Å²) in [7, 11) is -3.01. The summed E-state index contributed by atoms with van der Waals surface area (Å²) in [4.78, 5) is 5.48. The van der Waals surface area contributed by atoms with Gasteiger partial charge >= 0.3 is 0 Å². The van der Waals surface area contributed by atoms with Crippen molar-refractivity contribution in [3.8, 4) is 0 Å². The van der Waals surface area contributed by atoms with E-state index in [1.165, 1.54) is 25.3 Å². The van der Waals surface area contributed by atoms with E-state index in [-0.39, 0.29) is 6.23 Å². The first-order valence-electron chi connectivity index (χ1n) is 12.2. The van der Waals surface area contributed by atoms with E-state index >= 15 is 0 Å². The molecule has 0 saturated carbocycles. The van der Waals surface area contributed by atoms with Crippen LogP contribution in [-0.2, 0) is 13.9 Å². The molecule has 0 spiro atoms. The monoisotopic (exact) mass is 442 g/mol. The quantitative estimate of drug-likeness (QED) is 0.537. The Kier molecular flexibility index (Phi) is 8.43.